The van der Waals surface area contributed by atoms with E-state index in [-0.39, 0.29) is 0 Å². The molecule has 9 heteroatoms. The molecule has 106 valence electrons. The van der Waals surface area contributed by atoms with Crippen LogP contribution < -0.4 is 4.72 Å². The highest BCUT2D eigenvalue weighted by atomic mass is 32.2. The maximum absolute atomic E-state index is 11.8. The van der Waals surface area contributed by atoms with Gasteiger partial charge in [-0.3, -0.25) is 9.59 Å². The summed E-state index contributed by atoms with van der Waals surface area (Å²) < 4.78 is 25.7. The molecule has 0 aliphatic carbocycles. The van der Waals surface area contributed by atoms with Crippen LogP contribution in [0.25, 0.3) is 0 Å². The highest BCUT2D eigenvalue weighted by Crippen LogP contribution is 2.23. The Bertz CT molecular complexity index is 551. The number of sulfonamides is 1. The quantitative estimate of drug-likeness (QED) is 0.680. The summed E-state index contributed by atoms with van der Waals surface area (Å²) in [6.07, 6.45) is -0.452. The SMILES string of the molecule is CC(C(=O)O)S(=O)(=O)NC(CC(=O)O)c1cccs1. The zero-order valence-corrected chi connectivity index (χ0v) is 11.6. The first-order chi connectivity index (χ1) is 8.74. The predicted molar refractivity (Wildman–Crippen MR) is 68.5 cm³/mol. The van der Waals surface area contributed by atoms with E-state index < -0.39 is 39.7 Å². The Morgan fingerprint density at radius 3 is 2.47 bits per heavy atom. The molecular weight excluding hydrogens is 294 g/mol. The monoisotopic (exact) mass is 307 g/mol. The van der Waals surface area contributed by atoms with Crippen molar-refractivity contribution in [1.29, 1.82) is 0 Å². The molecule has 0 saturated carbocycles. The molecule has 1 rings (SSSR count). The molecule has 0 bridgehead atoms. The molecule has 0 aromatic carbocycles. The molecule has 0 amide bonds. The molecule has 7 nitrogen and oxygen atoms in total. The van der Waals surface area contributed by atoms with Crippen LogP contribution in [0, 0.1) is 0 Å². The van der Waals surface area contributed by atoms with Crippen LogP contribution in [0.5, 0.6) is 0 Å². The maximum Gasteiger partial charge on any atom is 0.323 e. The van der Waals surface area contributed by atoms with E-state index in [1.54, 1.807) is 17.5 Å². The molecule has 0 aliphatic rings. The standard InChI is InChI=1S/C10H13NO6S2/c1-6(10(14)15)19(16,17)11-7(5-9(12)13)8-3-2-4-18-8/h2-4,6-7,11H,5H2,1H3,(H,12,13)(H,14,15). The minimum Gasteiger partial charge on any atom is -0.481 e. The van der Waals surface area contributed by atoms with Gasteiger partial charge in [0.25, 0.3) is 0 Å². The van der Waals surface area contributed by atoms with Crippen molar-refractivity contribution in [2.45, 2.75) is 24.6 Å². The van der Waals surface area contributed by atoms with Crippen molar-refractivity contribution in [2.75, 3.05) is 0 Å². The average molecular weight is 307 g/mol. The summed E-state index contributed by atoms with van der Waals surface area (Å²) in [4.78, 5) is 22.0. The van der Waals surface area contributed by atoms with Gasteiger partial charge >= 0.3 is 11.9 Å². The third kappa shape index (κ3) is 4.30. The van der Waals surface area contributed by atoms with Crippen LogP contribution in [0.1, 0.15) is 24.3 Å². The molecule has 0 radical (unpaired) electrons. The van der Waals surface area contributed by atoms with Gasteiger partial charge in [-0.25, -0.2) is 13.1 Å². The van der Waals surface area contributed by atoms with Crippen molar-refractivity contribution in [3.05, 3.63) is 22.4 Å². The van der Waals surface area contributed by atoms with E-state index in [1.807, 2.05) is 0 Å². The van der Waals surface area contributed by atoms with Crippen molar-refractivity contribution >= 4 is 33.3 Å². The molecule has 0 fully saturated rings. The molecule has 1 aromatic rings. The summed E-state index contributed by atoms with van der Waals surface area (Å²) >= 11 is 1.20. The van der Waals surface area contributed by atoms with E-state index in [9.17, 15) is 18.0 Å². The normalized spacial score (nSPS) is 14.8. The van der Waals surface area contributed by atoms with Crippen LogP contribution in [-0.2, 0) is 19.6 Å². The lowest BCUT2D eigenvalue weighted by atomic mass is 10.2. The van der Waals surface area contributed by atoms with E-state index in [0.29, 0.717) is 4.88 Å². The number of carbonyl (C=O) groups is 2. The number of carboxylic acids is 2. The van der Waals surface area contributed by atoms with E-state index in [2.05, 4.69) is 4.72 Å². The fourth-order valence-electron chi connectivity index (χ4n) is 1.30. The molecule has 19 heavy (non-hydrogen) atoms. The highest BCUT2D eigenvalue weighted by Gasteiger charge is 2.31. The van der Waals surface area contributed by atoms with Gasteiger partial charge in [-0.2, -0.15) is 0 Å². The lowest BCUT2D eigenvalue weighted by molar-refractivity contribution is -0.137. The first kappa shape index (κ1) is 15.6. The molecule has 2 atom stereocenters. The zero-order chi connectivity index (χ0) is 14.6. The van der Waals surface area contributed by atoms with Crippen molar-refractivity contribution in [2.24, 2.45) is 0 Å². The Hall–Kier alpha value is -1.45. The van der Waals surface area contributed by atoms with Gasteiger partial charge < -0.3 is 10.2 Å². The topological polar surface area (TPSA) is 121 Å². The number of rotatable bonds is 7. The van der Waals surface area contributed by atoms with Crippen molar-refractivity contribution < 1.29 is 28.2 Å². The first-order valence-corrected chi connectivity index (χ1v) is 7.65. The van der Waals surface area contributed by atoms with Crippen molar-refractivity contribution in [3.63, 3.8) is 0 Å². The van der Waals surface area contributed by atoms with Crippen LogP contribution in [0.15, 0.2) is 17.5 Å². The molecule has 1 heterocycles. The maximum atomic E-state index is 11.8. The third-order valence-electron chi connectivity index (χ3n) is 2.39. The molecule has 3 N–H and O–H groups in total. The largest absolute Gasteiger partial charge is 0.481 e. The molecule has 2 unspecified atom stereocenters. The van der Waals surface area contributed by atoms with E-state index >= 15 is 0 Å². The summed E-state index contributed by atoms with van der Waals surface area (Å²) in [6, 6.07) is 2.28. The summed E-state index contributed by atoms with van der Waals surface area (Å²) in [5.74, 6) is -2.67. The predicted octanol–water partition coefficient (Wildman–Crippen LogP) is 0.656. The van der Waals surface area contributed by atoms with Gasteiger partial charge in [0.2, 0.25) is 10.0 Å². The highest BCUT2D eigenvalue weighted by molar-refractivity contribution is 7.90. The fourth-order valence-corrected chi connectivity index (χ4v) is 3.23. The Kier molecular flexibility index (Phi) is 5.04. The van der Waals surface area contributed by atoms with Gasteiger partial charge in [-0.1, -0.05) is 6.07 Å². The van der Waals surface area contributed by atoms with Crippen LogP contribution in [-0.4, -0.2) is 35.8 Å². The van der Waals surface area contributed by atoms with Gasteiger partial charge in [0.1, 0.15) is 0 Å². The van der Waals surface area contributed by atoms with E-state index in [4.69, 9.17) is 10.2 Å². The van der Waals surface area contributed by atoms with Crippen molar-refractivity contribution in [3.8, 4) is 0 Å². The molecule has 0 aliphatic heterocycles. The van der Waals surface area contributed by atoms with Crippen LogP contribution >= 0.6 is 11.3 Å². The van der Waals surface area contributed by atoms with Crippen LogP contribution in [0.4, 0.5) is 0 Å². The molecule has 0 spiro atoms. The first-order valence-electron chi connectivity index (χ1n) is 5.23. The minimum atomic E-state index is -4.14. The van der Waals surface area contributed by atoms with Gasteiger partial charge in [-0.05, 0) is 18.4 Å². The zero-order valence-electron chi connectivity index (χ0n) is 9.94. The van der Waals surface area contributed by atoms with Gasteiger partial charge in [-0.15, -0.1) is 11.3 Å². The third-order valence-corrected chi connectivity index (χ3v) is 5.12. The minimum absolute atomic E-state index is 0.452. The Labute approximate surface area is 113 Å². The Morgan fingerprint density at radius 2 is 2.05 bits per heavy atom. The summed E-state index contributed by atoms with van der Waals surface area (Å²) in [5, 5.41) is 17.5. The van der Waals surface area contributed by atoms with Gasteiger partial charge in [0.05, 0.1) is 12.5 Å². The number of hydrogen-bond donors (Lipinski definition) is 3. The molecule has 0 saturated heterocycles. The van der Waals surface area contributed by atoms with Crippen LogP contribution in [0.3, 0.4) is 0 Å². The number of hydrogen-bond acceptors (Lipinski definition) is 5. The number of aliphatic carboxylic acids is 2. The van der Waals surface area contributed by atoms with E-state index in [0.717, 1.165) is 6.92 Å². The molecular formula is C10H13NO6S2. The lowest BCUT2D eigenvalue weighted by Gasteiger charge is -2.17. The Morgan fingerprint density at radius 1 is 1.42 bits per heavy atom. The van der Waals surface area contributed by atoms with Gasteiger partial charge in [0, 0.05) is 4.88 Å². The average Bonchev–Trinajstić information content (AvgIpc) is 2.79. The fraction of sp³-hybridized carbons (Fsp3) is 0.400. The second kappa shape index (κ2) is 6.13. The lowest BCUT2D eigenvalue weighted by Crippen LogP contribution is -2.39. The summed E-state index contributed by atoms with van der Waals surface area (Å²) in [6.45, 7) is 1.02. The number of thiophene rings is 1. The number of carboxylic acid groups (broad SMARTS) is 2. The van der Waals surface area contributed by atoms with Crippen LogP contribution in [0.2, 0.25) is 0 Å². The van der Waals surface area contributed by atoms with E-state index in [1.165, 1.54) is 11.3 Å². The van der Waals surface area contributed by atoms with Gasteiger partial charge in [0.15, 0.2) is 5.25 Å². The molecule has 1 aromatic heterocycles. The summed E-state index contributed by atoms with van der Waals surface area (Å²) in [7, 11) is -4.14. The summed E-state index contributed by atoms with van der Waals surface area (Å²) in [5.41, 5.74) is 0. The second-order valence-electron chi connectivity index (χ2n) is 3.81. The number of nitrogens with one attached hydrogen (secondary N) is 1. The van der Waals surface area contributed by atoms with Crippen molar-refractivity contribution in [1.82, 2.24) is 4.72 Å². The smallest absolute Gasteiger partial charge is 0.323 e. The second-order valence-corrected chi connectivity index (χ2v) is 6.82. The Balaban J connectivity index is 2.96.